The zero-order valence-corrected chi connectivity index (χ0v) is 10.7. The zero-order valence-electron chi connectivity index (χ0n) is 10.7. The first-order chi connectivity index (χ1) is 8.12. The van der Waals surface area contributed by atoms with Gasteiger partial charge in [0, 0.05) is 7.11 Å². The molecule has 0 saturated heterocycles. The molecule has 0 aliphatic heterocycles. The van der Waals surface area contributed by atoms with Gasteiger partial charge in [0.1, 0.15) is 5.82 Å². The highest BCUT2D eigenvalue weighted by Crippen LogP contribution is 2.15. The van der Waals surface area contributed by atoms with Crippen LogP contribution in [0, 0.1) is 12.7 Å². The van der Waals surface area contributed by atoms with E-state index in [0.29, 0.717) is 6.42 Å². The van der Waals surface area contributed by atoms with Gasteiger partial charge in [-0.25, -0.2) is 4.39 Å². The Morgan fingerprint density at radius 1 is 1.47 bits per heavy atom. The number of nitrogens with one attached hydrogen (secondary N) is 1. The van der Waals surface area contributed by atoms with Gasteiger partial charge in [-0.05, 0) is 43.0 Å². The summed E-state index contributed by atoms with van der Waals surface area (Å²) in [5.41, 5.74) is 4.78. The van der Waals surface area contributed by atoms with E-state index in [0.717, 1.165) is 17.5 Å². The van der Waals surface area contributed by atoms with Gasteiger partial charge in [-0.3, -0.25) is 11.3 Å². The molecule has 2 unspecified atom stereocenters. The van der Waals surface area contributed by atoms with E-state index in [1.54, 1.807) is 19.2 Å². The molecule has 1 aromatic rings. The third-order valence-corrected chi connectivity index (χ3v) is 3.12. The van der Waals surface area contributed by atoms with Crippen LogP contribution in [0.1, 0.15) is 24.5 Å². The number of hydrazine groups is 1. The Balaban J connectivity index is 2.83. The van der Waals surface area contributed by atoms with Gasteiger partial charge in [0.15, 0.2) is 0 Å². The lowest BCUT2D eigenvalue weighted by atomic mass is 9.97. The van der Waals surface area contributed by atoms with E-state index >= 15 is 0 Å². The standard InChI is InChI=1S/C13H21FN2O/c1-4-13(17-3)12(16-15)8-10-7-11(14)6-5-9(10)2/h5-7,12-13,16H,4,8,15H2,1-3H3. The summed E-state index contributed by atoms with van der Waals surface area (Å²) in [4.78, 5) is 0. The number of hydrogen-bond acceptors (Lipinski definition) is 3. The number of nitrogens with two attached hydrogens (primary N) is 1. The fraction of sp³-hybridized carbons (Fsp3) is 0.538. The van der Waals surface area contributed by atoms with E-state index in [1.807, 2.05) is 13.8 Å². The first-order valence-electron chi connectivity index (χ1n) is 5.86. The fourth-order valence-electron chi connectivity index (χ4n) is 2.01. The lowest BCUT2D eigenvalue weighted by Crippen LogP contribution is -2.46. The molecule has 4 heteroatoms. The summed E-state index contributed by atoms with van der Waals surface area (Å²) in [7, 11) is 1.66. The lowest BCUT2D eigenvalue weighted by molar-refractivity contribution is 0.0653. The summed E-state index contributed by atoms with van der Waals surface area (Å²) in [5.74, 6) is 5.32. The van der Waals surface area contributed by atoms with Crippen LogP contribution in [0.5, 0.6) is 0 Å². The third-order valence-electron chi connectivity index (χ3n) is 3.12. The molecule has 0 fully saturated rings. The van der Waals surface area contributed by atoms with Gasteiger partial charge >= 0.3 is 0 Å². The second-order valence-electron chi connectivity index (χ2n) is 4.23. The molecule has 0 aliphatic rings. The van der Waals surface area contributed by atoms with Gasteiger partial charge in [0.2, 0.25) is 0 Å². The van der Waals surface area contributed by atoms with Crippen LogP contribution in [0.3, 0.4) is 0 Å². The summed E-state index contributed by atoms with van der Waals surface area (Å²) < 4.78 is 18.5. The summed E-state index contributed by atoms with van der Waals surface area (Å²) in [6.07, 6.45) is 1.55. The number of methoxy groups -OCH3 is 1. The predicted octanol–water partition coefficient (Wildman–Crippen LogP) is 1.93. The van der Waals surface area contributed by atoms with Crippen LogP contribution in [0.25, 0.3) is 0 Å². The molecule has 1 rings (SSSR count). The lowest BCUT2D eigenvalue weighted by Gasteiger charge is -2.25. The Bertz CT molecular complexity index is 353. The Morgan fingerprint density at radius 3 is 2.71 bits per heavy atom. The zero-order chi connectivity index (χ0) is 12.8. The van der Waals surface area contributed by atoms with Crippen LogP contribution in [0.2, 0.25) is 0 Å². The van der Waals surface area contributed by atoms with Gasteiger partial charge < -0.3 is 4.74 Å². The second-order valence-corrected chi connectivity index (χ2v) is 4.23. The largest absolute Gasteiger partial charge is 0.380 e. The molecule has 17 heavy (non-hydrogen) atoms. The van der Waals surface area contributed by atoms with Crippen LogP contribution < -0.4 is 11.3 Å². The highest BCUT2D eigenvalue weighted by atomic mass is 19.1. The highest BCUT2D eigenvalue weighted by Gasteiger charge is 2.19. The minimum absolute atomic E-state index is 0.00880. The van der Waals surface area contributed by atoms with E-state index in [4.69, 9.17) is 10.6 Å². The van der Waals surface area contributed by atoms with E-state index in [-0.39, 0.29) is 18.0 Å². The Labute approximate surface area is 102 Å². The average molecular weight is 240 g/mol. The van der Waals surface area contributed by atoms with E-state index in [2.05, 4.69) is 5.43 Å². The van der Waals surface area contributed by atoms with Crippen molar-refractivity contribution < 1.29 is 9.13 Å². The quantitative estimate of drug-likeness (QED) is 0.590. The molecule has 96 valence electrons. The van der Waals surface area contributed by atoms with Gasteiger partial charge in [0.05, 0.1) is 12.1 Å². The minimum Gasteiger partial charge on any atom is -0.380 e. The van der Waals surface area contributed by atoms with Crippen LogP contribution in [0.4, 0.5) is 4.39 Å². The molecule has 0 bridgehead atoms. The van der Waals surface area contributed by atoms with Crippen LogP contribution in [-0.4, -0.2) is 19.3 Å². The van der Waals surface area contributed by atoms with E-state index in [1.165, 1.54) is 6.07 Å². The molecule has 0 spiro atoms. The van der Waals surface area contributed by atoms with Crippen LogP contribution >= 0.6 is 0 Å². The summed E-state index contributed by atoms with van der Waals surface area (Å²) in [5, 5.41) is 0. The maximum atomic E-state index is 13.2. The maximum Gasteiger partial charge on any atom is 0.123 e. The van der Waals surface area contributed by atoms with Crippen LogP contribution in [0.15, 0.2) is 18.2 Å². The number of ether oxygens (including phenoxy) is 1. The SMILES string of the molecule is CCC(OC)C(Cc1cc(F)ccc1C)NN. The van der Waals surface area contributed by atoms with Crippen molar-refractivity contribution in [3.63, 3.8) is 0 Å². The first kappa shape index (κ1) is 14.1. The molecular weight excluding hydrogens is 219 g/mol. The van der Waals surface area contributed by atoms with Crippen molar-refractivity contribution in [2.24, 2.45) is 5.84 Å². The van der Waals surface area contributed by atoms with Crippen molar-refractivity contribution in [2.45, 2.75) is 38.8 Å². The number of hydrogen-bond donors (Lipinski definition) is 2. The Hall–Kier alpha value is -0.970. The molecule has 0 aliphatic carbocycles. The molecule has 2 atom stereocenters. The molecule has 0 aromatic heterocycles. The topological polar surface area (TPSA) is 47.3 Å². The summed E-state index contributed by atoms with van der Waals surface area (Å²) >= 11 is 0. The number of halogens is 1. The molecule has 0 saturated carbocycles. The fourth-order valence-corrected chi connectivity index (χ4v) is 2.01. The Kier molecular flexibility index (Phi) is 5.55. The third kappa shape index (κ3) is 3.77. The monoisotopic (exact) mass is 240 g/mol. The number of aryl methyl sites for hydroxylation is 1. The van der Waals surface area contributed by atoms with Gasteiger partial charge in [0.25, 0.3) is 0 Å². The molecule has 0 heterocycles. The molecule has 1 aromatic carbocycles. The maximum absolute atomic E-state index is 13.2. The van der Waals surface area contributed by atoms with Crippen molar-refractivity contribution >= 4 is 0 Å². The molecule has 3 N–H and O–H groups in total. The van der Waals surface area contributed by atoms with Gasteiger partial charge in [-0.15, -0.1) is 0 Å². The number of benzene rings is 1. The van der Waals surface area contributed by atoms with Crippen molar-refractivity contribution in [2.75, 3.05) is 7.11 Å². The average Bonchev–Trinajstić information content (AvgIpc) is 2.33. The normalized spacial score (nSPS) is 14.6. The second kappa shape index (κ2) is 6.69. The number of rotatable bonds is 6. The molecular formula is C13H21FN2O. The minimum atomic E-state index is -0.216. The predicted molar refractivity (Wildman–Crippen MR) is 67.0 cm³/mol. The van der Waals surface area contributed by atoms with Crippen molar-refractivity contribution in [1.82, 2.24) is 5.43 Å². The van der Waals surface area contributed by atoms with Gasteiger partial charge in [-0.1, -0.05) is 13.0 Å². The van der Waals surface area contributed by atoms with E-state index in [9.17, 15) is 4.39 Å². The highest BCUT2D eigenvalue weighted by molar-refractivity contribution is 5.27. The molecule has 0 amide bonds. The molecule has 0 radical (unpaired) electrons. The van der Waals surface area contributed by atoms with Crippen LogP contribution in [-0.2, 0) is 11.2 Å². The summed E-state index contributed by atoms with van der Waals surface area (Å²) in [6.45, 7) is 4.01. The van der Waals surface area contributed by atoms with Crippen molar-refractivity contribution in [3.8, 4) is 0 Å². The smallest absolute Gasteiger partial charge is 0.123 e. The van der Waals surface area contributed by atoms with Crippen molar-refractivity contribution in [1.29, 1.82) is 0 Å². The van der Waals surface area contributed by atoms with Gasteiger partial charge in [-0.2, -0.15) is 0 Å². The molecule has 3 nitrogen and oxygen atoms in total. The summed E-state index contributed by atoms with van der Waals surface area (Å²) in [6, 6.07) is 4.80. The van der Waals surface area contributed by atoms with Crippen molar-refractivity contribution in [3.05, 3.63) is 35.1 Å². The first-order valence-corrected chi connectivity index (χ1v) is 5.86. The van der Waals surface area contributed by atoms with E-state index < -0.39 is 0 Å². The Morgan fingerprint density at radius 2 is 2.18 bits per heavy atom.